The maximum absolute atomic E-state index is 12.6. The van der Waals surface area contributed by atoms with Gasteiger partial charge in [0.2, 0.25) is 11.8 Å². The third-order valence-electron chi connectivity index (χ3n) is 5.36. The van der Waals surface area contributed by atoms with Crippen molar-refractivity contribution < 1.29 is 19.1 Å². The van der Waals surface area contributed by atoms with E-state index in [9.17, 15) is 9.59 Å². The van der Waals surface area contributed by atoms with Gasteiger partial charge in [-0.1, -0.05) is 0 Å². The molecule has 0 spiro atoms. The molecule has 162 valence electrons. The molecule has 1 aromatic heterocycles. The molecule has 1 fully saturated rings. The first-order valence-electron chi connectivity index (χ1n) is 10.3. The van der Waals surface area contributed by atoms with E-state index in [1.54, 1.807) is 37.1 Å². The van der Waals surface area contributed by atoms with Crippen LogP contribution in [0.5, 0.6) is 11.5 Å². The molecule has 1 saturated heterocycles. The summed E-state index contributed by atoms with van der Waals surface area (Å²) in [4.78, 5) is 26.9. The van der Waals surface area contributed by atoms with Gasteiger partial charge >= 0.3 is 0 Å². The first kappa shape index (κ1) is 21.7. The van der Waals surface area contributed by atoms with Crippen LogP contribution in [0.3, 0.4) is 0 Å². The Bertz CT molecular complexity index is 858. The minimum atomic E-state index is -0.0548. The van der Waals surface area contributed by atoms with Crippen molar-refractivity contribution >= 4 is 17.5 Å². The Labute approximate surface area is 177 Å². The third-order valence-corrected chi connectivity index (χ3v) is 5.36. The molecule has 3 rings (SSSR count). The van der Waals surface area contributed by atoms with Crippen LogP contribution in [0, 0.1) is 12.8 Å². The van der Waals surface area contributed by atoms with Crippen LogP contribution < -0.4 is 14.8 Å². The first-order valence-corrected chi connectivity index (χ1v) is 10.3. The molecule has 8 nitrogen and oxygen atoms in total. The average Bonchev–Trinajstić information content (AvgIpc) is 3.16. The number of nitrogens with zero attached hydrogens (tertiary/aromatic N) is 3. The summed E-state index contributed by atoms with van der Waals surface area (Å²) < 4.78 is 12.2. The van der Waals surface area contributed by atoms with Gasteiger partial charge in [-0.3, -0.25) is 14.3 Å². The van der Waals surface area contributed by atoms with Crippen LogP contribution in [0.4, 0.5) is 5.69 Å². The zero-order valence-corrected chi connectivity index (χ0v) is 17.9. The number of aryl methyl sites for hydroxylation is 1. The highest BCUT2D eigenvalue weighted by atomic mass is 16.5. The van der Waals surface area contributed by atoms with Gasteiger partial charge in [-0.2, -0.15) is 5.10 Å². The predicted molar refractivity (Wildman–Crippen MR) is 114 cm³/mol. The molecule has 1 aromatic carbocycles. The molecular formula is C22H30N4O4. The Hall–Kier alpha value is -3.03. The van der Waals surface area contributed by atoms with Crippen molar-refractivity contribution in [3.05, 3.63) is 36.2 Å². The number of rotatable bonds is 8. The second-order valence-corrected chi connectivity index (χ2v) is 7.69. The lowest BCUT2D eigenvalue weighted by atomic mass is 9.93. The van der Waals surface area contributed by atoms with E-state index in [4.69, 9.17) is 9.47 Å². The van der Waals surface area contributed by atoms with Gasteiger partial charge in [0.15, 0.2) is 0 Å². The summed E-state index contributed by atoms with van der Waals surface area (Å²) in [7, 11) is 3.15. The van der Waals surface area contributed by atoms with Gasteiger partial charge in [0, 0.05) is 49.6 Å². The molecule has 1 N–H and O–H groups in total. The Morgan fingerprint density at radius 2 is 1.93 bits per heavy atom. The highest BCUT2D eigenvalue weighted by molar-refractivity contribution is 5.91. The van der Waals surface area contributed by atoms with Crippen molar-refractivity contribution in [1.82, 2.24) is 14.7 Å². The fourth-order valence-corrected chi connectivity index (χ4v) is 3.76. The number of carbonyl (C=O) groups is 2. The van der Waals surface area contributed by atoms with Crippen LogP contribution in [-0.2, 0) is 16.1 Å². The fourth-order valence-electron chi connectivity index (χ4n) is 3.76. The van der Waals surface area contributed by atoms with E-state index in [1.807, 2.05) is 24.1 Å². The van der Waals surface area contributed by atoms with Crippen molar-refractivity contribution in [2.75, 3.05) is 32.6 Å². The van der Waals surface area contributed by atoms with Crippen LogP contribution in [0.25, 0.3) is 0 Å². The Morgan fingerprint density at radius 1 is 1.20 bits per heavy atom. The lowest BCUT2D eigenvalue weighted by Crippen LogP contribution is -2.41. The van der Waals surface area contributed by atoms with E-state index in [2.05, 4.69) is 10.4 Å². The zero-order valence-electron chi connectivity index (χ0n) is 17.9. The normalized spacial score (nSPS) is 16.2. The Kier molecular flexibility index (Phi) is 7.32. The molecule has 1 aliphatic heterocycles. The monoisotopic (exact) mass is 414 g/mol. The number of carbonyl (C=O) groups excluding carboxylic acids is 2. The molecule has 0 aliphatic carbocycles. The summed E-state index contributed by atoms with van der Waals surface area (Å²) in [5.41, 5.74) is 1.55. The van der Waals surface area contributed by atoms with Gasteiger partial charge < -0.3 is 19.7 Å². The molecule has 0 radical (unpaired) electrons. The fraction of sp³-hybridized carbons (Fsp3) is 0.500. The number of amides is 2. The number of likely N-dealkylation sites (tertiary alicyclic amines) is 1. The standard InChI is InChI=1S/C22H30N4O4/c1-16-8-10-26(24-16)15-22(28)25-9-4-5-17(14-25)6-7-21(27)23-18-11-19(29-2)13-20(12-18)30-3/h8,10-13,17H,4-7,9,14-15H2,1-3H3,(H,23,27)/t17-/m0/s1. The molecule has 2 aromatic rings. The molecule has 2 heterocycles. The smallest absolute Gasteiger partial charge is 0.244 e. The third kappa shape index (κ3) is 5.98. The van der Waals surface area contributed by atoms with Gasteiger partial charge in [0.1, 0.15) is 18.0 Å². The van der Waals surface area contributed by atoms with Gasteiger partial charge in [0.05, 0.1) is 19.9 Å². The van der Waals surface area contributed by atoms with Gasteiger partial charge in [-0.05, 0) is 38.2 Å². The SMILES string of the molecule is COc1cc(NC(=O)CC[C@@H]2CCCN(C(=O)Cn3ccc(C)n3)C2)cc(OC)c1. The highest BCUT2D eigenvalue weighted by Gasteiger charge is 2.24. The van der Waals surface area contributed by atoms with Crippen LogP contribution in [0.1, 0.15) is 31.4 Å². The number of methoxy groups -OCH3 is 2. The van der Waals surface area contributed by atoms with Crippen LogP contribution >= 0.6 is 0 Å². The number of anilines is 1. The lowest BCUT2D eigenvalue weighted by Gasteiger charge is -2.32. The number of benzene rings is 1. The molecule has 0 saturated carbocycles. The predicted octanol–water partition coefficient (Wildman–Crippen LogP) is 2.87. The maximum atomic E-state index is 12.6. The molecular weight excluding hydrogens is 384 g/mol. The largest absolute Gasteiger partial charge is 0.497 e. The van der Waals surface area contributed by atoms with Gasteiger partial charge in [-0.15, -0.1) is 0 Å². The number of hydrogen-bond donors (Lipinski definition) is 1. The summed E-state index contributed by atoms with van der Waals surface area (Å²) in [5, 5.41) is 7.20. The zero-order chi connectivity index (χ0) is 21.5. The molecule has 2 amide bonds. The van der Waals surface area contributed by atoms with Crippen LogP contribution in [0.2, 0.25) is 0 Å². The number of ether oxygens (including phenoxy) is 2. The van der Waals surface area contributed by atoms with Gasteiger partial charge in [-0.25, -0.2) is 0 Å². The summed E-state index contributed by atoms with van der Waals surface area (Å²) in [6.07, 6.45) is 4.98. The van der Waals surface area contributed by atoms with E-state index in [1.165, 1.54) is 0 Å². The molecule has 8 heteroatoms. The lowest BCUT2D eigenvalue weighted by molar-refractivity contribution is -0.133. The minimum Gasteiger partial charge on any atom is -0.497 e. The summed E-state index contributed by atoms with van der Waals surface area (Å²) in [6, 6.07) is 7.17. The molecule has 1 aliphatic rings. The average molecular weight is 415 g/mol. The second kappa shape index (κ2) is 10.1. The summed E-state index contributed by atoms with van der Waals surface area (Å²) >= 11 is 0. The van der Waals surface area contributed by atoms with Crippen molar-refractivity contribution in [3.63, 3.8) is 0 Å². The maximum Gasteiger partial charge on any atom is 0.244 e. The minimum absolute atomic E-state index is 0.0548. The number of aromatic nitrogens is 2. The van der Waals surface area contributed by atoms with Crippen LogP contribution in [0.15, 0.2) is 30.5 Å². The number of hydrogen-bond acceptors (Lipinski definition) is 5. The topological polar surface area (TPSA) is 85.7 Å². The molecule has 1 atom stereocenters. The van der Waals surface area contributed by atoms with Crippen molar-refractivity contribution in [2.24, 2.45) is 5.92 Å². The van der Waals surface area contributed by atoms with Crippen molar-refractivity contribution in [2.45, 2.75) is 39.2 Å². The van der Waals surface area contributed by atoms with Crippen LogP contribution in [-0.4, -0.2) is 53.8 Å². The highest BCUT2D eigenvalue weighted by Crippen LogP contribution is 2.26. The molecule has 0 unspecified atom stereocenters. The molecule has 0 bridgehead atoms. The van der Waals surface area contributed by atoms with Crippen molar-refractivity contribution in [3.8, 4) is 11.5 Å². The Balaban J connectivity index is 1.48. The van der Waals surface area contributed by atoms with Gasteiger partial charge in [0.25, 0.3) is 0 Å². The van der Waals surface area contributed by atoms with E-state index in [0.29, 0.717) is 36.1 Å². The first-order chi connectivity index (χ1) is 14.5. The second-order valence-electron chi connectivity index (χ2n) is 7.69. The van der Waals surface area contributed by atoms with E-state index >= 15 is 0 Å². The van der Waals surface area contributed by atoms with E-state index in [-0.39, 0.29) is 18.4 Å². The summed E-state index contributed by atoms with van der Waals surface area (Å²) in [6.45, 7) is 3.63. The van der Waals surface area contributed by atoms with Crippen molar-refractivity contribution in [1.29, 1.82) is 0 Å². The van der Waals surface area contributed by atoms with E-state index in [0.717, 1.165) is 31.5 Å². The summed E-state index contributed by atoms with van der Waals surface area (Å²) in [5.74, 6) is 1.60. The molecule has 30 heavy (non-hydrogen) atoms. The number of piperidine rings is 1. The Morgan fingerprint density at radius 3 is 2.57 bits per heavy atom. The number of nitrogens with one attached hydrogen (secondary N) is 1. The van der Waals surface area contributed by atoms with E-state index < -0.39 is 0 Å². The quantitative estimate of drug-likeness (QED) is 0.718.